The van der Waals surface area contributed by atoms with Gasteiger partial charge in [-0.1, -0.05) is 167 Å². The summed E-state index contributed by atoms with van der Waals surface area (Å²) in [6.07, 6.45) is 28.9. The van der Waals surface area contributed by atoms with Crippen molar-refractivity contribution in [2.24, 2.45) is 35.5 Å². The van der Waals surface area contributed by atoms with E-state index in [2.05, 4.69) is 133 Å². The number of aromatic nitrogens is 1. The molecule has 8 bridgehead atoms. The molecule has 4 aromatic carbocycles. The molecular weight excluding hydrogens is 1020 g/mol. The Bertz CT molecular complexity index is 2550. The zero-order valence-electron chi connectivity index (χ0n) is 48.6. The van der Waals surface area contributed by atoms with Crippen molar-refractivity contribution in [3.05, 3.63) is 122 Å². The molecule has 8 aliphatic carbocycles. The Labute approximate surface area is 485 Å². The van der Waals surface area contributed by atoms with Gasteiger partial charge in [-0.05, 0) is 193 Å². The van der Waals surface area contributed by atoms with E-state index in [1.165, 1.54) is 168 Å². The number of phenolic OH excluding ortho intramolecular Hbond substituents is 2. The predicted octanol–water partition coefficient (Wildman–Crippen LogP) is 20.6. The van der Waals surface area contributed by atoms with Crippen LogP contribution in [0.15, 0.2) is 89.8 Å². The van der Waals surface area contributed by atoms with Gasteiger partial charge in [-0.3, -0.25) is 0 Å². The monoisotopic (exact) mass is 1120 g/mol. The average Bonchev–Trinajstić information content (AvgIpc) is 3.34. The fraction of sp³-hybridized carbons (Fsp3) is 0.563. The van der Waals surface area contributed by atoms with Crippen molar-refractivity contribution in [3.8, 4) is 56.3 Å². The molecule has 5 heteroatoms. The molecule has 0 unspecified atom stereocenters. The molecule has 0 saturated heterocycles. The minimum absolute atomic E-state index is 0. The molecule has 0 amide bonds. The van der Waals surface area contributed by atoms with Gasteiger partial charge in [0, 0.05) is 64.5 Å². The SMILES string of the molecule is CCCCCCCCCCCCSc1cc(-c2ccccc2-c2cc(C(C)(C)C)cc(C34CC5CC(CC(C5)C3)C4)c2O)nc(-c2ccccc2-c2cc(C(C)(C)C)cc(C34CC5CC(CC(C5)C3)C4)c2O)c1.[CH3-].[CH3-].[Zr]. The third-order valence-electron chi connectivity index (χ3n) is 19.7. The van der Waals surface area contributed by atoms with Crippen LogP contribution in [-0.2, 0) is 47.9 Å². The van der Waals surface area contributed by atoms with E-state index >= 15 is 0 Å². The summed E-state index contributed by atoms with van der Waals surface area (Å²) in [6, 6.07) is 31.7. The van der Waals surface area contributed by atoms with Gasteiger partial charge in [0.25, 0.3) is 0 Å². The Morgan fingerprint density at radius 1 is 0.461 bits per heavy atom. The summed E-state index contributed by atoms with van der Waals surface area (Å²) < 4.78 is 0. The minimum atomic E-state index is -0.0832. The van der Waals surface area contributed by atoms with Crippen molar-refractivity contribution < 1.29 is 36.4 Å². The van der Waals surface area contributed by atoms with E-state index in [0.29, 0.717) is 11.5 Å². The van der Waals surface area contributed by atoms with Crippen LogP contribution < -0.4 is 0 Å². The van der Waals surface area contributed by atoms with Crippen LogP contribution in [0.5, 0.6) is 11.5 Å². The summed E-state index contributed by atoms with van der Waals surface area (Å²) in [5, 5.41) is 25.9. The molecule has 0 radical (unpaired) electrons. The molecule has 0 spiro atoms. The quantitative estimate of drug-likeness (QED) is 0.0522. The molecule has 8 aliphatic rings. The topological polar surface area (TPSA) is 53.4 Å². The molecular formula is C71H95NO2SZr-2. The molecule has 8 saturated carbocycles. The number of phenols is 2. The Morgan fingerprint density at radius 3 is 1.13 bits per heavy atom. The van der Waals surface area contributed by atoms with E-state index in [9.17, 15) is 10.2 Å². The van der Waals surface area contributed by atoms with Gasteiger partial charge in [-0.15, -0.1) is 11.8 Å². The number of unbranched alkanes of at least 4 members (excludes halogenated alkanes) is 9. The Kier molecular flexibility index (Phi) is 18.6. The first-order valence-electron chi connectivity index (χ1n) is 29.7. The van der Waals surface area contributed by atoms with Crippen molar-refractivity contribution in [1.29, 1.82) is 0 Å². The maximum Gasteiger partial charge on any atom is 0.127 e. The molecule has 3 nitrogen and oxygen atoms in total. The molecule has 2 N–H and O–H groups in total. The Hall–Kier alpha value is -3.14. The maximum atomic E-state index is 12.9. The van der Waals surface area contributed by atoms with Gasteiger partial charge in [0.2, 0.25) is 0 Å². The average molecular weight is 1120 g/mol. The molecule has 13 rings (SSSR count). The summed E-state index contributed by atoms with van der Waals surface area (Å²) >= 11 is 1.97. The fourth-order valence-corrected chi connectivity index (χ4v) is 17.7. The maximum absolute atomic E-state index is 12.9. The number of nitrogens with zero attached hydrogens (tertiary/aromatic N) is 1. The smallest absolute Gasteiger partial charge is 0.127 e. The number of rotatable bonds is 18. The standard InChI is InChI=1S/C69H89NO2S.2CH3.Zr/c1-8-9-10-11-12-13-14-15-16-21-26-73-53-37-62(56-24-19-17-22-54(56)58-33-51(66(2,3)4)35-60(64(58)71)68-39-45-27-46(40-68)29-47(28-45)41-68)70-63(38-53)57-25-20-18-23-55(57)59-34-52(67(5,6)7)36-61(65(59)72)69-42-48-30-49(43-69)32-50(31-48)44-69;;;/h17-20,22-25,33-38,45-50,71-72H,8-16,21,26-32,39-44H2,1-7H3;2*1H3;/q;2*-1;. The van der Waals surface area contributed by atoms with Crippen molar-refractivity contribution >= 4 is 11.8 Å². The molecule has 8 fully saturated rings. The van der Waals surface area contributed by atoms with Gasteiger partial charge < -0.3 is 25.1 Å². The molecule has 5 aromatic rings. The number of benzene rings is 4. The molecule has 0 aliphatic heterocycles. The molecule has 1 heterocycles. The second-order valence-corrected chi connectivity index (χ2v) is 28.6. The van der Waals surface area contributed by atoms with Crippen molar-refractivity contribution in [3.63, 3.8) is 0 Å². The van der Waals surface area contributed by atoms with E-state index in [4.69, 9.17) is 4.98 Å². The van der Waals surface area contributed by atoms with E-state index in [-0.39, 0.29) is 62.7 Å². The van der Waals surface area contributed by atoms with Gasteiger partial charge in [0.15, 0.2) is 0 Å². The number of hydrogen-bond donors (Lipinski definition) is 2. The first-order chi connectivity index (χ1) is 35.1. The summed E-state index contributed by atoms with van der Waals surface area (Å²) in [6.45, 7) is 16.3. The normalized spacial score (nSPS) is 26.0. The first-order valence-corrected chi connectivity index (χ1v) is 30.7. The van der Waals surface area contributed by atoms with E-state index in [0.717, 1.165) is 86.0 Å². The van der Waals surface area contributed by atoms with Crippen LogP contribution in [0.1, 0.15) is 212 Å². The molecule has 0 atom stereocenters. The van der Waals surface area contributed by atoms with Gasteiger partial charge in [0.1, 0.15) is 11.5 Å². The number of pyridine rings is 1. The fourth-order valence-electron chi connectivity index (χ4n) is 16.8. The van der Waals surface area contributed by atoms with E-state index < -0.39 is 0 Å². The number of thioether (sulfide) groups is 1. The van der Waals surface area contributed by atoms with E-state index in [1.807, 2.05) is 11.8 Å². The van der Waals surface area contributed by atoms with Crippen LogP contribution in [0.2, 0.25) is 0 Å². The zero-order chi connectivity index (χ0) is 50.7. The first kappa shape index (κ1) is 59.0. The van der Waals surface area contributed by atoms with Crippen LogP contribution in [-0.4, -0.2) is 20.9 Å². The third-order valence-corrected chi connectivity index (χ3v) is 20.8. The molecule has 408 valence electrons. The second kappa shape index (κ2) is 23.9. The van der Waals surface area contributed by atoms with Gasteiger partial charge in [0.05, 0.1) is 11.4 Å². The Morgan fingerprint density at radius 2 is 0.789 bits per heavy atom. The molecule has 76 heavy (non-hydrogen) atoms. The van der Waals surface area contributed by atoms with Crippen LogP contribution in [0, 0.1) is 50.4 Å². The minimum Gasteiger partial charge on any atom is -0.507 e. The van der Waals surface area contributed by atoms with Crippen molar-refractivity contribution in [2.75, 3.05) is 5.75 Å². The van der Waals surface area contributed by atoms with Crippen LogP contribution in [0.4, 0.5) is 0 Å². The van der Waals surface area contributed by atoms with Crippen molar-refractivity contribution in [1.82, 2.24) is 4.98 Å². The van der Waals surface area contributed by atoms with Crippen molar-refractivity contribution in [2.45, 2.75) is 216 Å². The summed E-state index contributed by atoms with van der Waals surface area (Å²) in [5.74, 6) is 6.75. The van der Waals surface area contributed by atoms with Gasteiger partial charge >= 0.3 is 0 Å². The van der Waals surface area contributed by atoms with Crippen LogP contribution in [0.25, 0.3) is 44.8 Å². The summed E-state index contributed by atoms with van der Waals surface area (Å²) in [4.78, 5) is 6.96. The number of aromatic hydroxyl groups is 2. The van der Waals surface area contributed by atoms with Crippen LogP contribution >= 0.6 is 11.8 Å². The second-order valence-electron chi connectivity index (χ2n) is 27.4. The van der Waals surface area contributed by atoms with Gasteiger partial charge in [-0.25, -0.2) is 4.98 Å². The summed E-state index contributed by atoms with van der Waals surface area (Å²) in [5.41, 5.74) is 12.9. The van der Waals surface area contributed by atoms with E-state index in [1.54, 1.807) is 0 Å². The Balaban J connectivity index is 0.00000255. The van der Waals surface area contributed by atoms with Crippen LogP contribution in [0.3, 0.4) is 0 Å². The number of hydrogen-bond acceptors (Lipinski definition) is 4. The largest absolute Gasteiger partial charge is 0.507 e. The zero-order valence-corrected chi connectivity index (χ0v) is 51.8. The van der Waals surface area contributed by atoms with Gasteiger partial charge in [-0.2, -0.15) is 0 Å². The summed E-state index contributed by atoms with van der Waals surface area (Å²) in [7, 11) is 0. The molecule has 1 aromatic heterocycles. The third kappa shape index (κ3) is 12.0. The predicted molar refractivity (Wildman–Crippen MR) is 322 cm³/mol.